The van der Waals surface area contributed by atoms with Gasteiger partial charge < -0.3 is 15.2 Å². The topological polar surface area (TPSA) is 103 Å². The van der Waals surface area contributed by atoms with E-state index >= 15 is 0 Å². The van der Waals surface area contributed by atoms with Crippen LogP contribution in [0.2, 0.25) is 0 Å². The lowest BCUT2D eigenvalue weighted by Gasteiger charge is -2.24. The molecular formula is C13H17N3O4S. The Bertz CT molecular complexity index is 666. The molecule has 0 aliphatic carbocycles. The molecule has 0 saturated carbocycles. The van der Waals surface area contributed by atoms with Crippen LogP contribution >= 0.6 is 0 Å². The molecule has 114 valence electrons. The minimum absolute atomic E-state index is 0.0497. The van der Waals surface area contributed by atoms with Crippen LogP contribution in [0, 0.1) is 5.92 Å². The summed E-state index contributed by atoms with van der Waals surface area (Å²) in [5, 5.41) is 0. The smallest absolute Gasteiger partial charge is 0.344 e. The number of benzene rings is 1. The number of hydrogen-bond donors (Lipinski definition) is 2. The van der Waals surface area contributed by atoms with Crippen molar-refractivity contribution in [1.29, 1.82) is 0 Å². The number of fused-ring (bicyclic) bond motifs is 1. The minimum Gasteiger partial charge on any atom is -0.492 e. The molecule has 0 spiro atoms. The lowest BCUT2D eigenvalue weighted by Crippen LogP contribution is -2.27. The number of amidine groups is 1. The van der Waals surface area contributed by atoms with Crippen molar-refractivity contribution in [3.8, 4) is 5.75 Å². The van der Waals surface area contributed by atoms with E-state index in [2.05, 4.69) is 9.12 Å². The molecule has 1 aromatic rings. The van der Waals surface area contributed by atoms with Crippen molar-refractivity contribution in [2.45, 2.75) is 12.8 Å². The maximum absolute atomic E-state index is 11.5. The van der Waals surface area contributed by atoms with Crippen LogP contribution in [-0.4, -0.2) is 34.1 Å². The predicted molar refractivity (Wildman–Crippen MR) is 78.7 cm³/mol. The summed E-state index contributed by atoms with van der Waals surface area (Å²) >= 11 is 0. The van der Waals surface area contributed by atoms with Crippen LogP contribution in [0.3, 0.4) is 0 Å². The summed E-state index contributed by atoms with van der Waals surface area (Å²) in [6.07, 6.45) is 1.93. The summed E-state index contributed by atoms with van der Waals surface area (Å²) in [6.45, 7) is 2.06. The molecule has 0 unspecified atom stereocenters. The van der Waals surface area contributed by atoms with E-state index in [1.165, 1.54) is 0 Å². The highest BCUT2D eigenvalue weighted by Crippen LogP contribution is 2.31. The highest BCUT2D eigenvalue weighted by atomic mass is 32.2. The zero-order valence-electron chi connectivity index (χ0n) is 11.4. The van der Waals surface area contributed by atoms with Gasteiger partial charge in [0.05, 0.1) is 17.9 Å². The van der Waals surface area contributed by atoms with Crippen molar-refractivity contribution < 1.29 is 17.9 Å². The molecule has 0 bridgehead atoms. The molecule has 7 nitrogen and oxygen atoms in total. The van der Waals surface area contributed by atoms with Crippen molar-refractivity contribution in [2.24, 2.45) is 16.0 Å². The zero-order chi connectivity index (χ0) is 14.9. The molecule has 1 saturated heterocycles. The van der Waals surface area contributed by atoms with E-state index in [4.69, 9.17) is 15.2 Å². The summed E-state index contributed by atoms with van der Waals surface area (Å²) in [5.41, 5.74) is 6.66. The SMILES string of the molecule is NC1=NS(=O)(=O)Nc2cccc(OCC3CCOCC3)c21. The molecule has 0 atom stereocenters. The van der Waals surface area contributed by atoms with Crippen LogP contribution in [-0.2, 0) is 14.9 Å². The zero-order valence-corrected chi connectivity index (χ0v) is 12.2. The van der Waals surface area contributed by atoms with E-state index in [0.717, 1.165) is 26.1 Å². The molecule has 21 heavy (non-hydrogen) atoms. The van der Waals surface area contributed by atoms with Gasteiger partial charge in [-0.2, -0.15) is 8.42 Å². The molecule has 2 heterocycles. The molecule has 0 radical (unpaired) electrons. The van der Waals surface area contributed by atoms with Crippen molar-refractivity contribution in [3.05, 3.63) is 23.8 Å². The summed E-state index contributed by atoms with van der Waals surface area (Å²) < 4.78 is 40.0. The largest absolute Gasteiger partial charge is 0.492 e. The van der Waals surface area contributed by atoms with E-state index in [0.29, 0.717) is 29.5 Å². The van der Waals surface area contributed by atoms with Crippen molar-refractivity contribution in [3.63, 3.8) is 0 Å². The Morgan fingerprint density at radius 1 is 1.38 bits per heavy atom. The fourth-order valence-corrected chi connectivity index (χ4v) is 3.30. The Hall–Kier alpha value is -1.80. The van der Waals surface area contributed by atoms with Crippen molar-refractivity contribution in [2.75, 3.05) is 24.5 Å². The van der Waals surface area contributed by atoms with Gasteiger partial charge in [-0.15, -0.1) is 4.40 Å². The molecule has 0 aromatic heterocycles. The van der Waals surface area contributed by atoms with Gasteiger partial charge in [-0.1, -0.05) is 6.07 Å². The average Bonchev–Trinajstić information content (AvgIpc) is 2.44. The fraction of sp³-hybridized carbons (Fsp3) is 0.462. The molecule has 3 rings (SSSR count). The van der Waals surface area contributed by atoms with Crippen LogP contribution in [0.25, 0.3) is 0 Å². The first-order chi connectivity index (χ1) is 10.1. The Morgan fingerprint density at radius 3 is 2.90 bits per heavy atom. The average molecular weight is 311 g/mol. The molecular weight excluding hydrogens is 294 g/mol. The van der Waals surface area contributed by atoms with Gasteiger partial charge in [-0.3, -0.25) is 4.72 Å². The van der Waals surface area contributed by atoms with E-state index in [9.17, 15) is 8.42 Å². The van der Waals surface area contributed by atoms with Crippen LogP contribution in [0.4, 0.5) is 5.69 Å². The molecule has 3 N–H and O–H groups in total. The molecule has 2 aliphatic heterocycles. The molecule has 8 heteroatoms. The number of rotatable bonds is 3. The standard InChI is InChI=1S/C13H17N3O4S/c14-13-12-10(15-21(17,18)16-13)2-1-3-11(12)20-8-9-4-6-19-7-5-9/h1-3,9,15H,4-8H2,(H2,14,16). The maximum Gasteiger partial charge on any atom is 0.344 e. The molecule has 2 aliphatic rings. The lowest BCUT2D eigenvalue weighted by molar-refractivity contribution is 0.0497. The normalized spacial score (nSPS) is 21.0. The third kappa shape index (κ3) is 3.11. The second-order valence-electron chi connectivity index (χ2n) is 5.10. The summed E-state index contributed by atoms with van der Waals surface area (Å²) in [4.78, 5) is 0. The Kier molecular flexibility index (Phi) is 3.73. The van der Waals surface area contributed by atoms with Gasteiger partial charge in [0.25, 0.3) is 0 Å². The van der Waals surface area contributed by atoms with Crippen molar-refractivity contribution in [1.82, 2.24) is 0 Å². The monoisotopic (exact) mass is 311 g/mol. The summed E-state index contributed by atoms with van der Waals surface area (Å²) in [7, 11) is -3.76. The van der Waals surface area contributed by atoms with Crippen LogP contribution in [0.5, 0.6) is 5.75 Å². The highest BCUT2D eigenvalue weighted by molar-refractivity contribution is 7.91. The van der Waals surface area contributed by atoms with Gasteiger partial charge >= 0.3 is 10.2 Å². The Balaban J connectivity index is 1.81. The first-order valence-electron chi connectivity index (χ1n) is 6.77. The van der Waals surface area contributed by atoms with Gasteiger partial charge in [-0.25, -0.2) is 0 Å². The van der Waals surface area contributed by atoms with Gasteiger partial charge in [-0.05, 0) is 30.9 Å². The van der Waals surface area contributed by atoms with Gasteiger partial charge in [0.1, 0.15) is 5.75 Å². The third-order valence-corrected chi connectivity index (χ3v) is 4.47. The summed E-state index contributed by atoms with van der Waals surface area (Å²) in [5.74, 6) is 0.932. The van der Waals surface area contributed by atoms with Crippen molar-refractivity contribution >= 4 is 21.7 Å². The maximum atomic E-state index is 11.5. The van der Waals surface area contributed by atoms with Crippen LogP contribution in [0.1, 0.15) is 18.4 Å². The minimum atomic E-state index is -3.76. The number of nitrogens with two attached hydrogens (primary N) is 1. The number of nitrogens with zero attached hydrogens (tertiary/aromatic N) is 1. The third-order valence-electron chi connectivity index (χ3n) is 3.56. The van der Waals surface area contributed by atoms with Gasteiger partial charge in [0, 0.05) is 13.2 Å². The molecule has 1 aromatic carbocycles. The number of hydrogen-bond acceptors (Lipinski definition) is 5. The van der Waals surface area contributed by atoms with E-state index in [1.807, 2.05) is 0 Å². The Labute approximate surface area is 123 Å². The van der Waals surface area contributed by atoms with E-state index in [-0.39, 0.29) is 5.84 Å². The quantitative estimate of drug-likeness (QED) is 0.862. The van der Waals surface area contributed by atoms with E-state index in [1.54, 1.807) is 18.2 Å². The predicted octanol–water partition coefficient (Wildman–Crippen LogP) is 0.868. The fourth-order valence-electron chi connectivity index (χ4n) is 2.46. The Morgan fingerprint density at radius 2 is 2.14 bits per heavy atom. The second kappa shape index (κ2) is 5.53. The van der Waals surface area contributed by atoms with Gasteiger partial charge in [0.2, 0.25) is 0 Å². The van der Waals surface area contributed by atoms with E-state index < -0.39 is 10.2 Å². The van der Waals surface area contributed by atoms with Crippen LogP contribution < -0.4 is 15.2 Å². The molecule has 1 fully saturated rings. The first-order valence-corrected chi connectivity index (χ1v) is 8.21. The lowest BCUT2D eigenvalue weighted by atomic mass is 10.0. The first kappa shape index (κ1) is 14.2. The molecule has 0 amide bonds. The number of anilines is 1. The highest BCUT2D eigenvalue weighted by Gasteiger charge is 2.25. The van der Waals surface area contributed by atoms with Crippen LogP contribution in [0.15, 0.2) is 22.6 Å². The second-order valence-corrected chi connectivity index (χ2v) is 6.44. The van der Waals surface area contributed by atoms with Gasteiger partial charge in [0.15, 0.2) is 5.84 Å². The summed E-state index contributed by atoms with van der Waals surface area (Å²) in [6, 6.07) is 5.12. The number of ether oxygens (including phenoxy) is 2. The number of nitrogens with one attached hydrogen (secondary N) is 1.